The second-order valence-electron chi connectivity index (χ2n) is 4.73. The van der Waals surface area contributed by atoms with Gasteiger partial charge in [-0.25, -0.2) is 0 Å². The molecule has 1 aliphatic heterocycles. The molecule has 1 aliphatic rings. The van der Waals surface area contributed by atoms with Gasteiger partial charge in [0, 0.05) is 25.7 Å². The van der Waals surface area contributed by atoms with E-state index in [4.69, 9.17) is 9.47 Å². The minimum atomic E-state index is 0.444. The summed E-state index contributed by atoms with van der Waals surface area (Å²) in [5.74, 6) is 0.873. The van der Waals surface area contributed by atoms with Gasteiger partial charge in [-0.3, -0.25) is 4.90 Å². The molecule has 0 spiro atoms. The first kappa shape index (κ1) is 14.8. The highest BCUT2D eigenvalue weighted by atomic mass is 79.9. The van der Waals surface area contributed by atoms with E-state index in [-0.39, 0.29) is 0 Å². The molecule has 0 saturated carbocycles. The minimum absolute atomic E-state index is 0.444. The number of ether oxygens (including phenoxy) is 2. The molecule has 1 fully saturated rings. The molecular formula is C14H21BrN2O2. The van der Waals surface area contributed by atoms with Crippen LogP contribution in [-0.4, -0.2) is 51.4 Å². The van der Waals surface area contributed by atoms with Gasteiger partial charge in [0.15, 0.2) is 0 Å². The fourth-order valence-electron chi connectivity index (χ4n) is 2.36. The molecule has 0 amide bonds. The summed E-state index contributed by atoms with van der Waals surface area (Å²) in [7, 11) is 3.67. The molecule has 1 heterocycles. The largest absolute Gasteiger partial charge is 0.496 e. The monoisotopic (exact) mass is 328 g/mol. The van der Waals surface area contributed by atoms with Gasteiger partial charge >= 0.3 is 0 Å². The number of benzene rings is 1. The highest BCUT2D eigenvalue weighted by Crippen LogP contribution is 2.26. The van der Waals surface area contributed by atoms with Gasteiger partial charge in [-0.1, -0.05) is 6.07 Å². The van der Waals surface area contributed by atoms with E-state index in [1.54, 1.807) is 7.11 Å². The van der Waals surface area contributed by atoms with Crippen molar-refractivity contribution in [3.05, 3.63) is 28.2 Å². The zero-order valence-electron chi connectivity index (χ0n) is 11.5. The Hall–Kier alpha value is -0.620. The lowest BCUT2D eigenvalue weighted by atomic mass is 10.1. The fraction of sp³-hybridized carbons (Fsp3) is 0.571. The molecule has 1 unspecified atom stereocenters. The number of methoxy groups -OCH3 is 1. The van der Waals surface area contributed by atoms with Crippen molar-refractivity contribution in [3.8, 4) is 5.75 Å². The molecule has 5 heteroatoms. The topological polar surface area (TPSA) is 33.7 Å². The van der Waals surface area contributed by atoms with Crippen molar-refractivity contribution in [2.75, 3.05) is 40.5 Å². The summed E-state index contributed by atoms with van der Waals surface area (Å²) in [4.78, 5) is 2.47. The Kier molecular flexibility index (Phi) is 5.63. The Balaban J connectivity index is 2.04. The van der Waals surface area contributed by atoms with Crippen LogP contribution in [0.3, 0.4) is 0 Å². The Morgan fingerprint density at radius 2 is 2.37 bits per heavy atom. The maximum atomic E-state index is 5.55. The highest BCUT2D eigenvalue weighted by Gasteiger charge is 2.22. The van der Waals surface area contributed by atoms with Crippen LogP contribution in [0.2, 0.25) is 0 Å². The molecule has 106 valence electrons. The number of nitrogens with one attached hydrogen (secondary N) is 1. The molecule has 0 radical (unpaired) electrons. The quantitative estimate of drug-likeness (QED) is 0.894. The number of halogens is 1. The van der Waals surface area contributed by atoms with E-state index < -0.39 is 0 Å². The number of rotatable bonds is 5. The van der Waals surface area contributed by atoms with Gasteiger partial charge in [-0.2, -0.15) is 0 Å². The lowest BCUT2D eigenvalue weighted by molar-refractivity contribution is -0.0103. The van der Waals surface area contributed by atoms with Gasteiger partial charge in [0.25, 0.3) is 0 Å². The van der Waals surface area contributed by atoms with Crippen molar-refractivity contribution in [2.24, 2.45) is 0 Å². The summed E-state index contributed by atoms with van der Waals surface area (Å²) in [5, 5.41) is 3.23. The van der Waals surface area contributed by atoms with Crippen molar-refractivity contribution in [1.29, 1.82) is 0 Å². The van der Waals surface area contributed by atoms with Crippen LogP contribution in [-0.2, 0) is 11.3 Å². The van der Waals surface area contributed by atoms with Crippen LogP contribution in [0, 0.1) is 0 Å². The molecule has 1 aromatic carbocycles. The maximum Gasteiger partial charge on any atom is 0.133 e. The average Bonchev–Trinajstić information content (AvgIpc) is 2.41. The van der Waals surface area contributed by atoms with Crippen molar-refractivity contribution >= 4 is 15.9 Å². The maximum absolute atomic E-state index is 5.55. The van der Waals surface area contributed by atoms with E-state index in [1.807, 2.05) is 13.1 Å². The predicted molar refractivity (Wildman–Crippen MR) is 79.6 cm³/mol. The molecule has 1 atom stereocenters. The molecule has 0 aliphatic carbocycles. The molecule has 1 saturated heterocycles. The van der Waals surface area contributed by atoms with E-state index in [0.717, 1.165) is 43.1 Å². The van der Waals surface area contributed by atoms with Crippen molar-refractivity contribution in [2.45, 2.75) is 12.6 Å². The number of hydrogen-bond acceptors (Lipinski definition) is 4. The van der Waals surface area contributed by atoms with Crippen LogP contribution in [0.4, 0.5) is 0 Å². The third-order valence-electron chi connectivity index (χ3n) is 3.39. The first-order valence-corrected chi connectivity index (χ1v) is 7.32. The second kappa shape index (κ2) is 7.24. The summed E-state index contributed by atoms with van der Waals surface area (Å²) in [6.45, 7) is 4.50. The van der Waals surface area contributed by atoms with Crippen LogP contribution in [0.25, 0.3) is 0 Å². The lowest BCUT2D eigenvalue weighted by Gasteiger charge is -2.35. The summed E-state index contributed by atoms with van der Waals surface area (Å²) in [6, 6.07) is 6.70. The Morgan fingerprint density at radius 3 is 3.05 bits per heavy atom. The number of nitrogens with zero attached hydrogens (tertiary/aromatic N) is 1. The normalized spacial score (nSPS) is 20.5. The molecule has 0 aromatic heterocycles. The zero-order valence-corrected chi connectivity index (χ0v) is 13.1. The Labute approximate surface area is 123 Å². The number of morpholine rings is 1. The van der Waals surface area contributed by atoms with E-state index in [9.17, 15) is 0 Å². The van der Waals surface area contributed by atoms with Gasteiger partial charge in [0.2, 0.25) is 0 Å². The first-order chi connectivity index (χ1) is 9.24. The van der Waals surface area contributed by atoms with Crippen molar-refractivity contribution in [3.63, 3.8) is 0 Å². The SMILES string of the molecule is CNCC1COCCN1Cc1ccc(OC)c(Br)c1. The molecule has 1 aromatic rings. The summed E-state index contributed by atoms with van der Waals surface area (Å²) in [5.41, 5.74) is 1.29. The molecular weight excluding hydrogens is 308 g/mol. The van der Waals surface area contributed by atoms with Crippen LogP contribution in [0.1, 0.15) is 5.56 Å². The summed E-state index contributed by atoms with van der Waals surface area (Å²) >= 11 is 3.54. The first-order valence-electron chi connectivity index (χ1n) is 6.53. The standard InChI is InChI=1S/C14H21BrN2O2/c1-16-8-12-10-19-6-5-17(12)9-11-3-4-14(18-2)13(15)7-11/h3-4,7,12,16H,5-6,8-10H2,1-2H3. The van der Waals surface area contributed by atoms with E-state index >= 15 is 0 Å². The fourth-order valence-corrected chi connectivity index (χ4v) is 2.95. The minimum Gasteiger partial charge on any atom is -0.496 e. The molecule has 1 N–H and O–H groups in total. The van der Waals surface area contributed by atoms with Gasteiger partial charge in [0.05, 0.1) is 24.8 Å². The third-order valence-corrected chi connectivity index (χ3v) is 4.01. The van der Waals surface area contributed by atoms with Gasteiger partial charge in [-0.15, -0.1) is 0 Å². The van der Waals surface area contributed by atoms with E-state index in [2.05, 4.69) is 38.3 Å². The average molecular weight is 329 g/mol. The number of likely N-dealkylation sites (N-methyl/N-ethyl adjacent to an activating group) is 1. The second-order valence-corrected chi connectivity index (χ2v) is 5.58. The van der Waals surface area contributed by atoms with Crippen molar-refractivity contribution < 1.29 is 9.47 Å². The third kappa shape index (κ3) is 3.92. The van der Waals surface area contributed by atoms with E-state index in [0.29, 0.717) is 6.04 Å². The lowest BCUT2D eigenvalue weighted by Crippen LogP contribution is -2.49. The van der Waals surface area contributed by atoms with Crippen LogP contribution in [0.15, 0.2) is 22.7 Å². The highest BCUT2D eigenvalue weighted by molar-refractivity contribution is 9.10. The van der Waals surface area contributed by atoms with Crippen LogP contribution >= 0.6 is 15.9 Å². The van der Waals surface area contributed by atoms with Crippen LogP contribution in [0.5, 0.6) is 5.75 Å². The van der Waals surface area contributed by atoms with Gasteiger partial charge < -0.3 is 14.8 Å². The number of hydrogen-bond donors (Lipinski definition) is 1. The molecule has 19 heavy (non-hydrogen) atoms. The van der Waals surface area contributed by atoms with Gasteiger partial charge in [-0.05, 0) is 40.7 Å². The Morgan fingerprint density at radius 1 is 1.53 bits per heavy atom. The van der Waals surface area contributed by atoms with Crippen molar-refractivity contribution in [1.82, 2.24) is 10.2 Å². The molecule has 2 rings (SSSR count). The summed E-state index contributed by atoms with van der Waals surface area (Å²) in [6.07, 6.45) is 0. The molecule has 4 nitrogen and oxygen atoms in total. The smallest absolute Gasteiger partial charge is 0.133 e. The van der Waals surface area contributed by atoms with E-state index in [1.165, 1.54) is 5.56 Å². The molecule has 0 bridgehead atoms. The predicted octanol–water partition coefficient (Wildman–Crippen LogP) is 1.88. The van der Waals surface area contributed by atoms with Crippen LogP contribution < -0.4 is 10.1 Å². The summed E-state index contributed by atoms with van der Waals surface area (Å²) < 4.78 is 11.8. The zero-order chi connectivity index (χ0) is 13.7. The van der Waals surface area contributed by atoms with Gasteiger partial charge in [0.1, 0.15) is 5.75 Å². The Bertz CT molecular complexity index is 412.